The van der Waals surface area contributed by atoms with Gasteiger partial charge < -0.3 is 14.5 Å². The summed E-state index contributed by atoms with van der Waals surface area (Å²) in [5, 5.41) is 1.88. The first-order chi connectivity index (χ1) is 14.0. The zero-order valence-corrected chi connectivity index (χ0v) is 17.6. The minimum absolute atomic E-state index is 0.0125. The number of likely N-dealkylation sites (N-methyl/N-ethyl adjacent to an activating group) is 1. The average Bonchev–Trinajstić information content (AvgIpc) is 3.31. The number of benzene rings is 1. The highest BCUT2D eigenvalue weighted by Gasteiger charge is 2.30. The predicted octanol–water partition coefficient (Wildman–Crippen LogP) is 3.36. The van der Waals surface area contributed by atoms with Crippen molar-refractivity contribution in [3.63, 3.8) is 0 Å². The molecule has 1 aliphatic rings. The van der Waals surface area contributed by atoms with Crippen molar-refractivity contribution in [2.24, 2.45) is 5.92 Å². The van der Waals surface area contributed by atoms with E-state index in [1.54, 1.807) is 16.8 Å². The molecule has 2 amide bonds. The number of piperidine rings is 1. The molecule has 1 aliphatic heterocycles. The van der Waals surface area contributed by atoms with Crippen LogP contribution in [0, 0.1) is 5.92 Å². The first kappa shape index (κ1) is 21.0. The molecule has 0 spiro atoms. The lowest BCUT2D eigenvalue weighted by Crippen LogP contribution is -2.41. The van der Waals surface area contributed by atoms with Crippen molar-refractivity contribution in [2.75, 3.05) is 26.7 Å². The number of nitrogens with zero attached hydrogens (tertiary/aromatic N) is 2. The van der Waals surface area contributed by atoms with Crippen molar-refractivity contribution in [3.8, 4) is 0 Å². The Labute approximate surface area is 175 Å². The molecule has 154 valence electrons. The molecule has 0 saturated carbocycles. The maximum atomic E-state index is 12.4. The van der Waals surface area contributed by atoms with Crippen LogP contribution in [0.15, 0.2) is 47.8 Å². The van der Waals surface area contributed by atoms with Crippen LogP contribution in [0.4, 0.5) is 0 Å². The van der Waals surface area contributed by atoms with Gasteiger partial charge in [-0.25, -0.2) is 0 Å². The van der Waals surface area contributed by atoms with Gasteiger partial charge in [-0.05, 0) is 36.8 Å². The molecule has 0 aliphatic carbocycles. The van der Waals surface area contributed by atoms with Gasteiger partial charge in [0.1, 0.15) is 0 Å². The number of hydrogen-bond acceptors (Lipinski definition) is 5. The lowest BCUT2D eigenvalue weighted by atomic mass is 9.97. The van der Waals surface area contributed by atoms with Gasteiger partial charge in [-0.3, -0.25) is 14.4 Å². The molecule has 0 bridgehead atoms. The van der Waals surface area contributed by atoms with E-state index < -0.39 is 0 Å². The van der Waals surface area contributed by atoms with Crippen molar-refractivity contribution >= 4 is 29.1 Å². The minimum Gasteiger partial charge on any atom is -0.455 e. The number of carbonyl (C=O) groups excluding carboxylic acids is 3. The quantitative estimate of drug-likeness (QED) is 0.680. The Morgan fingerprint density at radius 2 is 1.83 bits per heavy atom. The van der Waals surface area contributed by atoms with Crippen molar-refractivity contribution in [1.29, 1.82) is 0 Å². The fraction of sp³-hybridized carbons (Fsp3) is 0.409. The minimum atomic E-state index is -0.359. The summed E-state index contributed by atoms with van der Waals surface area (Å²) in [6.07, 6.45) is 1.11. The van der Waals surface area contributed by atoms with Gasteiger partial charge in [0.15, 0.2) is 6.61 Å². The van der Waals surface area contributed by atoms with Gasteiger partial charge in [0.05, 0.1) is 16.8 Å². The first-order valence-electron chi connectivity index (χ1n) is 9.77. The molecule has 1 aromatic carbocycles. The summed E-state index contributed by atoms with van der Waals surface area (Å²) in [5.41, 5.74) is 1.03. The summed E-state index contributed by atoms with van der Waals surface area (Å²) in [7, 11) is 1.71. The van der Waals surface area contributed by atoms with Crippen LogP contribution in [0.3, 0.4) is 0 Å². The Bertz CT molecular complexity index is 830. The number of ether oxygens (including phenoxy) is 1. The van der Waals surface area contributed by atoms with Gasteiger partial charge >= 0.3 is 5.97 Å². The van der Waals surface area contributed by atoms with E-state index in [4.69, 9.17) is 4.74 Å². The standard InChI is InChI=1S/C22H26N2O4S/c1-16(17-7-4-3-5-8-17)23(2)20(25)15-28-22(27)18-10-12-24(13-11-18)21(26)19-9-6-14-29-19/h3-9,14,16,18H,10-13,15H2,1-2H3. The summed E-state index contributed by atoms with van der Waals surface area (Å²) in [6, 6.07) is 13.3. The van der Waals surface area contributed by atoms with Crippen molar-refractivity contribution in [2.45, 2.75) is 25.8 Å². The Morgan fingerprint density at radius 3 is 2.45 bits per heavy atom. The summed E-state index contributed by atoms with van der Waals surface area (Å²) in [4.78, 5) is 41.2. The molecule has 2 aromatic rings. The zero-order valence-electron chi connectivity index (χ0n) is 16.7. The van der Waals surface area contributed by atoms with Gasteiger partial charge in [-0.2, -0.15) is 0 Å². The number of carbonyl (C=O) groups is 3. The van der Waals surface area contributed by atoms with Crippen LogP contribution in [0.5, 0.6) is 0 Å². The Balaban J connectivity index is 1.44. The molecule has 0 radical (unpaired) electrons. The number of thiophene rings is 1. The summed E-state index contributed by atoms with van der Waals surface area (Å²) in [5.74, 6) is -0.854. The van der Waals surface area contributed by atoms with E-state index in [0.717, 1.165) is 5.56 Å². The molecule has 1 aromatic heterocycles. The molecule has 1 unspecified atom stereocenters. The van der Waals surface area contributed by atoms with Gasteiger partial charge in [0.25, 0.3) is 11.8 Å². The van der Waals surface area contributed by atoms with E-state index in [9.17, 15) is 14.4 Å². The topological polar surface area (TPSA) is 66.9 Å². The maximum absolute atomic E-state index is 12.4. The third-order valence-corrected chi connectivity index (χ3v) is 6.30. The number of esters is 1. The normalized spacial score (nSPS) is 15.6. The first-order valence-corrected chi connectivity index (χ1v) is 10.7. The lowest BCUT2D eigenvalue weighted by Gasteiger charge is -2.31. The molecule has 0 N–H and O–H groups in total. The van der Waals surface area contributed by atoms with Crippen LogP contribution in [0.1, 0.15) is 41.0 Å². The van der Waals surface area contributed by atoms with Crippen LogP contribution in [-0.4, -0.2) is 54.3 Å². The van der Waals surface area contributed by atoms with Crippen molar-refractivity contribution in [3.05, 3.63) is 58.3 Å². The SMILES string of the molecule is CC(c1ccccc1)N(C)C(=O)COC(=O)C1CCN(C(=O)c2cccs2)CC1. The number of likely N-dealkylation sites (tertiary alicyclic amines) is 1. The van der Waals surface area contributed by atoms with E-state index in [2.05, 4.69) is 0 Å². The second kappa shape index (κ2) is 9.69. The number of amides is 2. The fourth-order valence-corrected chi connectivity index (χ4v) is 4.09. The number of rotatable bonds is 6. The highest BCUT2D eigenvalue weighted by Crippen LogP contribution is 2.22. The fourth-order valence-electron chi connectivity index (χ4n) is 3.40. The van der Waals surface area contributed by atoms with Gasteiger partial charge in [0, 0.05) is 20.1 Å². The second-order valence-electron chi connectivity index (χ2n) is 7.24. The maximum Gasteiger partial charge on any atom is 0.309 e. The van der Waals surface area contributed by atoms with Crippen LogP contribution in [-0.2, 0) is 14.3 Å². The molecular weight excluding hydrogens is 388 g/mol. The smallest absolute Gasteiger partial charge is 0.309 e. The molecule has 1 saturated heterocycles. The van der Waals surface area contributed by atoms with Gasteiger partial charge in [0.2, 0.25) is 0 Å². The molecule has 6 nitrogen and oxygen atoms in total. The van der Waals surface area contributed by atoms with E-state index in [1.807, 2.05) is 54.8 Å². The highest BCUT2D eigenvalue weighted by atomic mass is 32.1. The molecular formula is C22H26N2O4S. The summed E-state index contributed by atoms with van der Waals surface area (Å²) < 4.78 is 5.29. The monoisotopic (exact) mass is 414 g/mol. The zero-order chi connectivity index (χ0) is 20.8. The van der Waals surface area contributed by atoms with Crippen LogP contribution in [0.2, 0.25) is 0 Å². The summed E-state index contributed by atoms with van der Waals surface area (Å²) >= 11 is 1.42. The predicted molar refractivity (Wildman–Crippen MR) is 112 cm³/mol. The van der Waals surface area contributed by atoms with Crippen molar-refractivity contribution < 1.29 is 19.1 Å². The van der Waals surface area contributed by atoms with Crippen LogP contribution in [0.25, 0.3) is 0 Å². The molecule has 3 rings (SSSR count). The molecule has 1 atom stereocenters. The van der Waals surface area contributed by atoms with Crippen LogP contribution < -0.4 is 0 Å². The van der Waals surface area contributed by atoms with E-state index >= 15 is 0 Å². The number of hydrogen-bond donors (Lipinski definition) is 0. The third-order valence-electron chi connectivity index (χ3n) is 5.44. The van der Waals surface area contributed by atoms with Gasteiger partial charge in [-0.1, -0.05) is 36.4 Å². The second-order valence-corrected chi connectivity index (χ2v) is 8.19. The Hall–Kier alpha value is -2.67. The largest absolute Gasteiger partial charge is 0.455 e. The van der Waals surface area contributed by atoms with E-state index in [1.165, 1.54) is 11.3 Å². The van der Waals surface area contributed by atoms with Gasteiger partial charge in [-0.15, -0.1) is 11.3 Å². The lowest BCUT2D eigenvalue weighted by molar-refractivity contribution is -0.156. The van der Waals surface area contributed by atoms with E-state index in [0.29, 0.717) is 30.8 Å². The van der Waals surface area contributed by atoms with Crippen LogP contribution >= 0.6 is 11.3 Å². The molecule has 1 fully saturated rings. The third kappa shape index (κ3) is 5.23. The highest BCUT2D eigenvalue weighted by molar-refractivity contribution is 7.12. The summed E-state index contributed by atoms with van der Waals surface area (Å²) in [6.45, 7) is 2.72. The average molecular weight is 415 g/mol. The Kier molecular flexibility index (Phi) is 7.04. The Morgan fingerprint density at radius 1 is 1.14 bits per heavy atom. The van der Waals surface area contributed by atoms with E-state index in [-0.39, 0.29) is 36.4 Å². The molecule has 29 heavy (non-hydrogen) atoms. The van der Waals surface area contributed by atoms with Crippen molar-refractivity contribution in [1.82, 2.24) is 9.80 Å². The molecule has 2 heterocycles. The molecule has 7 heteroatoms.